The minimum atomic E-state index is -3.93. The first-order valence-electron chi connectivity index (χ1n) is 13.2. The van der Waals surface area contributed by atoms with Crippen molar-refractivity contribution in [2.75, 3.05) is 19.6 Å². The Morgan fingerprint density at radius 3 is 2.20 bits per heavy atom. The van der Waals surface area contributed by atoms with Crippen LogP contribution in [0.4, 0.5) is 0 Å². The van der Waals surface area contributed by atoms with E-state index in [9.17, 15) is 18.0 Å². The second kappa shape index (κ2) is 14.4. The smallest absolute Gasteiger partial charge is 0.300 e. The third-order valence-electron chi connectivity index (χ3n) is 6.46. The van der Waals surface area contributed by atoms with Crippen LogP contribution in [-0.4, -0.2) is 67.7 Å². The molecule has 1 aliphatic heterocycles. The molecular weight excluding hydrogens is 546 g/mol. The highest BCUT2D eigenvalue weighted by Crippen LogP contribution is 2.19. The summed E-state index contributed by atoms with van der Waals surface area (Å²) < 4.78 is 28.0. The van der Waals surface area contributed by atoms with E-state index < -0.39 is 34.5 Å². The van der Waals surface area contributed by atoms with Gasteiger partial charge in [0.1, 0.15) is 11.9 Å². The van der Waals surface area contributed by atoms with E-state index in [1.165, 1.54) is 6.07 Å². The van der Waals surface area contributed by atoms with Crippen LogP contribution in [0.5, 0.6) is 0 Å². The van der Waals surface area contributed by atoms with Crippen LogP contribution < -0.4 is 15.8 Å². The van der Waals surface area contributed by atoms with Crippen LogP contribution in [0.3, 0.4) is 0 Å². The van der Waals surface area contributed by atoms with Gasteiger partial charge >= 0.3 is 0 Å². The Bertz CT molecular complexity index is 1500. The summed E-state index contributed by atoms with van der Waals surface area (Å²) in [4.78, 5) is 36.9. The van der Waals surface area contributed by atoms with Gasteiger partial charge in [-0.1, -0.05) is 54.6 Å². The number of benzene rings is 3. The highest BCUT2D eigenvalue weighted by molar-refractivity contribution is 7.89. The van der Waals surface area contributed by atoms with Gasteiger partial charge in [-0.25, -0.2) is 13.1 Å². The number of piperidine rings is 1. The van der Waals surface area contributed by atoms with Crippen LogP contribution in [0.15, 0.2) is 71.6 Å². The standard InChI is InChI=1S/C27H31N5O4S.C2H4O2/c28-26(29)21-10-8-19(9-11-21)16-24(27(34)32-14-4-1-5-15-32)31-25(33)18-30-37(35,36)23-13-12-20-6-2-3-7-22(20)17-23;1-2(3)4/h2-3,6-13,17,24,30H,1,4-5,14-16,18H2,(H3,28,29)(H,31,33);1H3,(H,3,4). The number of nitrogens with two attached hydrogens (primary N) is 1. The molecule has 6 N–H and O–H groups in total. The molecule has 0 spiro atoms. The van der Waals surface area contributed by atoms with Gasteiger partial charge in [-0.2, -0.15) is 0 Å². The van der Waals surface area contributed by atoms with Crippen LogP contribution >= 0.6 is 0 Å². The molecule has 1 heterocycles. The molecule has 3 aromatic carbocycles. The van der Waals surface area contributed by atoms with Crippen molar-refractivity contribution in [2.45, 2.75) is 43.5 Å². The normalized spacial score (nSPS) is 13.9. The van der Waals surface area contributed by atoms with Crippen LogP contribution in [0, 0.1) is 5.41 Å². The van der Waals surface area contributed by atoms with Gasteiger partial charge in [-0.15, -0.1) is 0 Å². The number of amidine groups is 1. The molecule has 3 aromatic rings. The second-order valence-corrected chi connectivity index (χ2v) is 11.4. The fourth-order valence-corrected chi connectivity index (χ4v) is 5.43. The number of fused-ring (bicyclic) bond motifs is 1. The molecule has 0 saturated carbocycles. The van der Waals surface area contributed by atoms with Crippen molar-refractivity contribution >= 4 is 44.4 Å². The minimum Gasteiger partial charge on any atom is -0.481 e. The number of sulfonamides is 1. The second-order valence-electron chi connectivity index (χ2n) is 9.67. The third kappa shape index (κ3) is 9.40. The summed E-state index contributed by atoms with van der Waals surface area (Å²) in [5, 5.41) is 19.4. The number of hydrogen-bond acceptors (Lipinski definition) is 6. The Morgan fingerprint density at radius 2 is 1.59 bits per heavy atom. The number of carbonyl (C=O) groups is 3. The van der Waals surface area contributed by atoms with Gasteiger partial charge in [-0.05, 0) is 47.7 Å². The molecule has 0 aliphatic carbocycles. The van der Waals surface area contributed by atoms with Crippen LogP contribution in [0.25, 0.3) is 10.8 Å². The molecule has 11 nitrogen and oxygen atoms in total. The number of hydrogen-bond donors (Lipinski definition) is 5. The molecule has 2 amide bonds. The molecule has 1 atom stereocenters. The maximum atomic E-state index is 13.3. The predicted octanol–water partition coefficient (Wildman–Crippen LogP) is 2.23. The molecule has 1 unspecified atom stereocenters. The van der Waals surface area contributed by atoms with Crippen molar-refractivity contribution in [3.63, 3.8) is 0 Å². The summed E-state index contributed by atoms with van der Waals surface area (Å²) in [5.74, 6) is -1.68. The number of likely N-dealkylation sites (tertiary alicyclic amines) is 1. The summed E-state index contributed by atoms with van der Waals surface area (Å²) in [5.41, 5.74) is 6.88. The number of carbonyl (C=O) groups excluding carboxylic acids is 2. The first kappa shape index (κ1) is 31.2. The number of carboxylic acid groups (broad SMARTS) is 1. The molecule has 1 saturated heterocycles. The molecule has 0 bridgehead atoms. The molecule has 218 valence electrons. The average molecular weight is 582 g/mol. The molecule has 1 aliphatic rings. The van der Waals surface area contributed by atoms with Crippen LogP contribution in [-0.2, 0) is 30.8 Å². The number of nitrogens with zero attached hydrogens (tertiary/aromatic N) is 1. The molecule has 41 heavy (non-hydrogen) atoms. The maximum absolute atomic E-state index is 13.3. The number of nitrogens with one attached hydrogen (secondary N) is 3. The van der Waals surface area contributed by atoms with Crippen molar-refractivity contribution in [3.05, 3.63) is 77.9 Å². The molecule has 4 rings (SSSR count). The summed E-state index contributed by atoms with van der Waals surface area (Å²) in [6.45, 7) is 1.84. The van der Waals surface area contributed by atoms with Gasteiger partial charge in [0, 0.05) is 32.0 Å². The molecule has 0 radical (unpaired) electrons. The largest absolute Gasteiger partial charge is 0.481 e. The van der Waals surface area contributed by atoms with Gasteiger partial charge in [0.05, 0.1) is 11.4 Å². The van der Waals surface area contributed by atoms with Gasteiger partial charge in [0.2, 0.25) is 21.8 Å². The van der Waals surface area contributed by atoms with Crippen molar-refractivity contribution in [3.8, 4) is 0 Å². The molecule has 0 aromatic heterocycles. The van der Waals surface area contributed by atoms with Gasteiger partial charge in [0.15, 0.2) is 0 Å². The lowest BCUT2D eigenvalue weighted by atomic mass is 10.0. The zero-order valence-corrected chi connectivity index (χ0v) is 23.6. The predicted molar refractivity (Wildman–Crippen MR) is 156 cm³/mol. The summed E-state index contributed by atoms with van der Waals surface area (Å²) in [6.07, 6.45) is 3.11. The molecule has 12 heteroatoms. The number of nitrogen functional groups attached to an aromatic ring is 1. The van der Waals surface area contributed by atoms with E-state index >= 15 is 0 Å². The van der Waals surface area contributed by atoms with E-state index in [0.717, 1.165) is 42.5 Å². The lowest BCUT2D eigenvalue weighted by Crippen LogP contribution is -2.52. The van der Waals surface area contributed by atoms with Crippen molar-refractivity contribution in [1.29, 1.82) is 5.41 Å². The zero-order chi connectivity index (χ0) is 30.0. The fourth-order valence-electron chi connectivity index (χ4n) is 4.41. The SMILES string of the molecule is CC(=O)O.N=C(N)c1ccc(CC(NC(=O)CNS(=O)(=O)c2ccc3ccccc3c2)C(=O)N2CCCCC2)cc1. The van der Waals surface area contributed by atoms with E-state index in [2.05, 4.69) is 10.0 Å². The third-order valence-corrected chi connectivity index (χ3v) is 7.86. The van der Waals surface area contributed by atoms with Crippen LogP contribution in [0.2, 0.25) is 0 Å². The van der Waals surface area contributed by atoms with Crippen molar-refractivity contribution < 1.29 is 27.9 Å². The van der Waals surface area contributed by atoms with Gasteiger partial charge in [0.25, 0.3) is 5.97 Å². The monoisotopic (exact) mass is 581 g/mol. The number of amides is 2. The molecular formula is C29H35N5O6S. The Hall–Kier alpha value is -4.29. The van der Waals surface area contributed by atoms with Gasteiger partial charge < -0.3 is 21.1 Å². The summed E-state index contributed by atoms with van der Waals surface area (Å²) in [6, 6.07) is 18.3. The van der Waals surface area contributed by atoms with E-state index in [1.54, 1.807) is 41.3 Å². The first-order valence-corrected chi connectivity index (χ1v) is 14.6. The average Bonchev–Trinajstić information content (AvgIpc) is 2.95. The number of rotatable bonds is 9. The van der Waals surface area contributed by atoms with E-state index in [4.69, 9.17) is 21.0 Å². The van der Waals surface area contributed by atoms with E-state index in [0.29, 0.717) is 18.7 Å². The highest BCUT2D eigenvalue weighted by Gasteiger charge is 2.28. The number of aliphatic carboxylic acids is 1. The minimum absolute atomic E-state index is 0.0560. The zero-order valence-electron chi connectivity index (χ0n) is 22.8. The fraction of sp³-hybridized carbons (Fsp3) is 0.310. The van der Waals surface area contributed by atoms with E-state index in [-0.39, 0.29) is 23.1 Å². The Labute approximate surface area is 239 Å². The summed E-state index contributed by atoms with van der Waals surface area (Å²) >= 11 is 0. The van der Waals surface area contributed by atoms with Crippen molar-refractivity contribution in [1.82, 2.24) is 14.9 Å². The Morgan fingerprint density at radius 1 is 0.976 bits per heavy atom. The van der Waals surface area contributed by atoms with Crippen LogP contribution in [0.1, 0.15) is 37.3 Å². The molecule has 1 fully saturated rings. The highest BCUT2D eigenvalue weighted by atomic mass is 32.2. The van der Waals surface area contributed by atoms with E-state index in [1.807, 2.05) is 24.3 Å². The Balaban J connectivity index is 0.00000108. The van der Waals surface area contributed by atoms with Gasteiger partial charge in [-0.3, -0.25) is 19.8 Å². The van der Waals surface area contributed by atoms with Crippen molar-refractivity contribution in [2.24, 2.45) is 5.73 Å². The lowest BCUT2D eigenvalue weighted by Gasteiger charge is -2.31. The quantitative estimate of drug-likeness (QED) is 0.190. The maximum Gasteiger partial charge on any atom is 0.300 e. The Kier molecular flexibility index (Phi) is 11.0. The topological polar surface area (TPSA) is 183 Å². The first-order chi connectivity index (χ1) is 19.5. The lowest BCUT2D eigenvalue weighted by molar-refractivity contribution is -0.137. The summed E-state index contributed by atoms with van der Waals surface area (Å²) in [7, 11) is -3.93. The number of carboxylic acids is 1.